The van der Waals surface area contributed by atoms with Crippen LogP contribution in [0.5, 0.6) is 0 Å². The fraction of sp³-hybridized carbons (Fsp3) is 0.259. The molecule has 2 aromatic carbocycles. The van der Waals surface area contributed by atoms with Crippen molar-refractivity contribution < 1.29 is 18.7 Å². The van der Waals surface area contributed by atoms with Gasteiger partial charge < -0.3 is 15.0 Å². The molecule has 5 rings (SSSR count). The van der Waals surface area contributed by atoms with Crippen LogP contribution < -0.4 is 5.32 Å². The first-order chi connectivity index (χ1) is 18.4. The van der Waals surface area contributed by atoms with Gasteiger partial charge in [-0.15, -0.1) is 5.10 Å². The van der Waals surface area contributed by atoms with Gasteiger partial charge in [-0.3, -0.25) is 4.79 Å². The third-order valence-corrected chi connectivity index (χ3v) is 6.21. The lowest BCUT2D eigenvalue weighted by Gasteiger charge is -2.28. The first kappa shape index (κ1) is 25.0. The molecule has 194 valence electrons. The molecule has 10 nitrogen and oxygen atoms in total. The van der Waals surface area contributed by atoms with Gasteiger partial charge in [-0.25, -0.2) is 14.2 Å². The van der Waals surface area contributed by atoms with Gasteiger partial charge in [0.05, 0.1) is 5.56 Å². The second kappa shape index (κ2) is 10.8. The standard InChI is InChI=1S/C27H26FN7O3/c1-17(2)25-31-32-33-35(25)24-10-6-9-23(29-24)30-26(36)21-13-20-15-34(12-11-19(20)14-22(21)28)27(37)38-16-18-7-4-3-5-8-18/h3-10,13-14,17H,11-12,15-16H2,1-2H3,(H,29,30,36). The van der Waals surface area contributed by atoms with Crippen LogP contribution in [0.1, 0.15) is 52.6 Å². The highest BCUT2D eigenvalue weighted by molar-refractivity contribution is 6.04. The number of aromatic nitrogens is 5. The van der Waals surface area contributed by atoms with Crippen LogP contribution in [-0.4, -0.2) is 48.6 Å². The second-order valence-electron chi connectivity index (χ2n) is 9.25. The number of amides is 2. The molecule has 0 atom stereocenters. The van der Waals surface area contributed by atoms with E-state index in [0.717, 1.165) is 11.1 Å². The number of benzene rings is 2. The molecule has 38 heavy (non-hydrogen) atoms. The van der Waals surface area contributed by atoms with Crippen molar-refractivity contribution in [2.45, 2.75) is 39.3 Å². The molecule has 0 aliphatic carbocycles. The number of fused-ring (bicyclic) bond motifs is 1. The van der Waals surface area contributed by atoms with Crippen molar-refractivity contribution in [2.75, 3.05) is 11.9 Å². The molecule has 1 aliphatic rings. The van der Waals surface area contributed by atoms with E-state index in [2.05, 4.69) is 25.8 Å². The molecule has 0 radical (unpaired) electrons. The molecule has 0 saturated heterocycles. The van der Waals surface area contributed by atoms with E-state index < -0.39 is 17.8 Å². The van der Waals surface area contributed by atoms with Crippen LogP contribution in [0.2, 0.25) is 0 Å². The number of pyridine rings is 1. The quantitative estimate of drug-likeness (QED) is 0.408. The highest BCUT2D eigenvalue weighted by Gasteiger charge is 2.25. The maximum Gasteiger partial charge on any atom is 0.410 e. The van der Waals surface area contributed by atoms with E-state index in [1.807, 2.05) is 44.2 Å². The number of halogens is 1. The maximum atomic E-state index is 14.9. The van der Waals surface area contributed by atoms with E-state index in [4.69, 9.17) is 4.74 Å². The van der Waals surface area contributed by atoms with Crippen LogP contribution in [-0.2, 0) is 24.3 Å². The Hall–Kier alpha value is -4.67. The van der Waals surface area contributed by atoms with Crippen molar-refractivity contribution >= 4 is 17.8 Å². The van der Waals surface area contributed by atoms with Crippen molar-refractivity contribution in [1.29, 1.82) is 0 Å². The Kier molecular flexibility index (Phi) is 7.07. The Morgan fingerprint density at radius 2 is 1.89 bits per heavy atom. The third-order valence-electron chi connectivity index (χ3n) is 6.21. The molecule has 0 fully saturated rings. The zero-order valence-corrected chi connectivity index (χ0v) is 21.0. The fourth-order valence-corrected chi connectivity index (χ4v) is 4.23. The maximum absolute atomic E-state index is 14.9. The summed E-state index contributed by atoms with van der Waals surface area (Å²) < 4.78 is 21.9. The van der Waals surface area contributed by atoms with Gasteiger partial charge in [0.15, 0.2) is 11.6 Å². The lowest BCUT2D eigenvalue weighted by atomic mass is 9.97. The minimum Gasteiger partial charge on any atom is -0.445 e. The zero-order chi connectivity index (χ0) is 26.6. The van der Waals surface area contributed by atoms with Crippen LogP contribution >= 0.6 is 0 Å². The summed E-state index contributed by atoms with van der Waals surface area (Å²) in [7, 11) is 0. The number of hydrogen-bond acceptors (Lipinski definition) is 7. The van der Waals surface area contributed by atoms with Gasteiger partial charge in [0.1, 0.15) is 18.2 Å². The fourth-order valence-electron chi connectivity index (χ4n) is 4.23. The van der Waals surface area contributed by atoms with Crippen molar-refractivity contribution in [3.05, 3.63) is 94.6 Å². The number of rotatable bonds is 6. The summed E-state index contributed by atoms with van der Waals surface area (Å²) >= 11 is 0. The van der Waals surface area contributed by atoms with E-state index in [0.29, 0.717) is 30.2 Å². The van der Waals surface area contributed by atoms with E-state index >= 15 is 0 Å². The molecular weight excluding hydrogens is 489 g/mol. The number of tetrazole rings is 1. The Morgan fingerprint density at radius 3 is 2.68 bits per heavy atom. The van der Waals surface area contributed by atoms with Crippen LogP contribution in [0, 0.1) is 5.82 Å². The highest BCUT2D eigenvalue weighted by atomic mass is 19.1. The predicted octanol–water partition coefficient (Wildman–Crippen LogP) is 4.27. The molecule has 11 heteroatoms. The first-order valence-electron chi connectivity index (χ1n) is 12.2. The smallest absolute Gasteiger partial charge is 0.410 e. The van der Waals surface area contributed by atoms with E-state index in [-0.39, 0.29) is 30.5 Å². The van der Waals surface area contributed by atoms with Gasteiger partial charge in [0, 0.05) is 19.0 Å². The van der Waals surface area contributed by atoms with Crippen LogP contribution in [0.3, 0.4) is 0 Å². The number of anilines is 1. The second-order valence-corrected chi connectivity index (χ2v) is 9.25. The summed E-state index contributed by atoms with van der Waals surface area (Å²) in [6.45, 7) is 4.69. The monoisotopic (exact) mass is 515 g/mol. The molecule has 1 N–H and O–H groups in total. The van der Waals surface area contributed by atoms with Crippen molar-refractivity contribution in [3.63, 3.8) is 0 Å². The summed E-state index contributed by atoms with van der Waals surface area (Å²) in [4.78, 5) is 31.6. The molecular formula is C27H26FN7O3. The van der Waals surface area contributed by atoms with Gasteiger partial charge in [-0.05, 0) is 57.8 Å². The average Bonchev–Trinajstić information content (AvgIpc) is 3.42. The van der Waals surface area contributed by atoms with Crippen LogP contribution in [0.15, 0.2) is 60.7 Å². The summed E-state index contributed by atoms with van der Waals surface area (Å²) in [6.07, 6.45) is 0.00157. The van der Waals surface area contributed by atoms with Gasteiger partial charge in [-0.2, -0.15) is 4.68 Å². The van der Waals surface area contributed by atoms with Gasteiger partial charge >= 0.3 is 6.09 Å². The van der Waals surface area contributed by atoms with Gasteiger partial charge in [0.2, 0.25) is 0 Å². The van der Waals surface area contributed by atoms with Crippen molar-refractivity contribution in [3.8, 4) is 5.82 Å². The Labute approximate surface area is 218 Å². The van der Waals surface area contributed by atoms with Crippen molar-refractivity contribution in [1.82, 2.24) is 30.1 Å². The molecule has 2 aromatic heterocycles. The number of nitrogens with zero attached hydrogens (tertiary/aromatic N) is 6. The summed E-state index contributed by atoms with van der Waals surface area (Å²) in [5, 5.41) is 14.4. The lowest BCUT2D eigenvalue weighted by molar-refractivity contribution is 0.0918. The number of carbonyl (C=O) groups is 2. The molecule has 0 spiro atoms. The third kappa shape index (κ3) is 5.36. The SMILES string of the molecule is CC(C)c1nnnn1-c1cccc(NC(=O)c2cc3c(cc2F)CCN(C(=O)OCc2ccccc2)C3)n1. The predicted molar refractivity (Wildman–Crippen MR) is 136 cm³/mol. The molecule has 0 bridgehead atoms. The summed E-state index contributed by atoms with van der Waals surface area (Å²) in [6, 6.07) is 17.3. The van der Waals surface area contributed by atoms with E-state index in [9.17, 15) is 14.0 Å². The minimum absolute atomic E-state index is 0.0600. The molecule has 2 amide bonds. The van der Waals surface area contributed by atoms with Crippen LogP contribution in [0.4, 0.5) is 15.0 Å². The molecule has 4 aromatic rings. The Balaban J connectivity index is 1.29. The Morgan fingerprint density at radius 1 is 1.08 bits per heavy atom. The molecule has 0 saturated carbocycles. The van der Waals surface area contributed by atoms with Crippen LogP contribution in [0.25, 0.3) is 5.82 Å². The van der Waals surface area contributed by atoms with E-state index in [1.165, 1.54) is 16.8 Å². The highest BCUT2D eigenvalue weighted by Crippen LogP contribution is 2.24. The Bertz CT molecular complexity index is 1470. The molecule has 3 heterocycles. The van der Waals surface area contributed by atoms with Gasteiger partial charge in [-0.1, -0.05) is 50.2 Å². The van der Waals surface area contributed by atoms with Crippen molar-refractivity contribution in [2.24, 2.45) is 0 Å². The normalized spacial score (nSPS) is 12.8. The zero-order valence-electron chi connectivity index (χ0n) is 21.0. The summed E-state index contributed by atoms with van der Waals surface area (Å²) in [5.41, 5.74) is 2.20. The number of ether oxygens (including phenoxy) is 1. The van der Waals surface area contributed by atoms with E-state index in [1.54, 1.807) is 23.1 Å². The van der Waals surface area contributed by atoms with Gasteiger partial charge in [0.25, 0.3) is 5.91 Å². The molecule has 0 unspecified atom stereocenters. The first-order valence-corrected chi connectivity index (χ1v) is 12.2. The topological polar surface area (TPSA) is 115 Å². The molecule has 1 aliphatic heterocycles. The number of nitrogens with one attached hydrogen (secondary N) is 1. The largest absolute Gasteiger partial charge is 0.445 e. The average molecular weight is 516 g/mol. The summed E-state index contributed by atoms with van der Waals surface area (Å²) in [5.74, 6) is 0.0333. The lowest BCUT2D eigenvalue weighted by Crippen LogP contribution is -2.36. The number of hydrogen-bond donors (Lipinski definition) is 1. The minimum atomic E-state index is -0.653. The number of carbonyl (C=O) groups excluding carboxylic acids is 2.